The van der Waals surface area contributed by atoms with E-state index in [0.717, 1.165) is 38.5 Å². The van der Waals surface area contributed by atoms with E-state index in [0.29, 0.717) is 0 Å². The monoisotopic (exact) mass is 307 g/mol. The molecule has 1 saturated carbocycles. The first-order valence-corrected chi connectivity index (χ1v) is 8.34. The van der Waals surface area contributed by atoms with Gasteiger partial charge in [0.1, 0.15) is 5.54 Å². The van der Waals surface area contributed by atoms with Gasteiger partial charge in [0, 0.05) is 6.04 Å². The van der Waals surface area contributed by atoms with Crippen molar-refractivity contribution in [2.75, 3.05) is 6.54 Å². The van der Waals surface area contributed by atoms with Gasteiger partial charge in [-0.2, -0.15) is 5.26 Å². The zero-order valence-electron chi connectivity index (χ0n) is 14.3. The summed E-state index contributed by atoms with van der Waals surface area (Å²) in [6, 6.07) is 2.46. The molecule has 2 aliphatic rings. The summed E-state index contributed by atoms with van der Waals surface area (Å²) in [6.45, 7) is 8.48. The minimum absolute atomic E-state index is 0.0936. The number of nitrogens with one attached hydrogen (secondary N) is 2. The number of nitriles is 1. The van der Waals surface area contributed by atoms with Crippen LogP contribution in [0.15, 0.2) is 0 Å². The molecule has 0 aromatic heterocycles. The zero-order chi connectivity index (χ0) is 16.4. The maximum absolute atomic E-state index is 12.2. The van der Waals surface area contributed by atoms with E-state index in [1.165, 1.54) is 0 Å². The molecule has 1 saturated heterocycles. The lowest BCUT2D eigenvalue weighted by molar-refractivity contribution is -0.122. The van der Waals surface area contributed by atoms with Gasteiger partial charge in [-0.25, -0.2) is 0 Å². The van der Waals surface area contributed by atoms with E-state index in [-0.39, 0.29) is 29.7 Å². The summed E-state index contributed by atoms with van der Waals surface area (Å²) in [5.74, 6) is -0.0936. The van der Waals surface area contributed by atoms with Gasteiger partial charge in [-0.1, -0.05) is 19.3 Å². The molecule has 1 amide bonds. The highest BCUT2D eigenvalue weighted by atomic mass is 16.5. The van der Waals surface area contributed by atoms with Gasteiger partial charge in [-0.3, -0.25) is 4.79 Å². The largest absolute Gasteiger partial charge is 0.368 e. The second kappa shape index (κ2) is 6.17. The van der Waals surface area contributed by atoms with Gasteiger partial charge in [-0.15, -0.1) is 0 Å². The molecule has 0 bridgehead atoms. The Labute approximate surface area is 133 Å². The number of rotatable bonds is 4. The third kappa shape index (κ3) is 3.99. The van der Waals surface area contributed by atoms with Gasteiger partial charge in [0.15, 0.2) is 0 Å². The van der Waals surface area contributed by atoms with Gasteiger partial charge < -0.3 is 15.4 Å². The van der Waals surface area contributed by atoms with Crippen molar-refractivity contribution in [1.29, 1.82) is 5.26 Å². The lowest BCUT2D eigenvalue weighted by Crippen LogP contribution is -2.53. The Bertz CT molecular complexity index is 459. The fourth-order valence-corrected chi connectivity index (χ4v) is 3.83. The summed E-state index contributed by atoms with van der Waals surface area (Å²) in [7, 11) is 0. The number of carbonyl (C=O) groups excluding carboxylic acids is 1. The summed E-state index contributed by atoms with van der Waals surface area (Å²) in [6.07, 6.45) is 5.58. The number of carbonyl (C=O) groups is 1. The maximum atomic E-state index is 12.2. The number of nitrogens with zero attached hydrogens (tertiary/aromatic N) is 1. The predicted octanol–water partition coefficient (Wildman–Crippen LogP) is 2.26. The van der Waals surface area contributed by atoms with Crippen LogP contribution in [0.25, 0.3) is 0 Å². The zero-order valence-corrected chi connectivity index (χ0v) is 14.3. The summed E-state index contributed by atoms with van der Waals surface area (Å²) < 4.78 is 6.03. The van der Waals surface area contributed by atoms with Crippen molar-refractivity contribution in [2.45, 2.75) is 89.0 Å². The number of hydrogen-bond donors (Lipinski definition) is 2. The van der Waals surface area contributed by atoms with Crippen LogP contribution in [0.5, 0.6) is 0 Å². The molecule has 1 heterocycles. The summed E-state index contributed by atoms with van der Waals surface area (Å²) >= 11 is 0. The summed E-state index contributed by atoms with van der Waals surface area (Å²) in [5, 5.41) is 15.7. The van der Waals surface area contributed by atoms with Crippen molar-refractivity contribution in [2.24, 2.45) is 0 Å². The van der Waals surface area contributed by atoms with Gasteiger partial charge in [0.05, 0.1) is 23.8 Å². The van der Waals surface area contributed by atoms with E-state index in [9.17, 15) is 10.1 Å². The molecule has 0 aromatic rings. The van der Waals surface area contributed by atoms with E-state index >= 15 is 0 Å². The Kier molecular flexibility index (Phi) is 4.84. The van der Waals surface area contributed by atoms with Crippen LogP contribution < -0.4 is 10.6 Å². The Hall–Kier alpha value is -1.12. The summed E-state index contributed by atoms with van der Waals surface area (Å²) in [5.41, 5.74) is -1.12. The minimum Gasteiger partial charge on any atom is -0.368 e. The molecule has 0 radical (unpaired) electrons. The van der Waals surface area contributed by atoms with E-state index in [2.05, 4.69) is 44.4 Å². The quantitative estimate of drug-likeness (QED) is 0.835. The second-order valence-corrected chi connectivity index (χ2v) is 7.91. The van der Waals surface area contributed by atoms with Gasteiger partial charge in [0.25, 0.3) is 0 Å². The minimum atomic E-state index is -0.655. The molecule has 5 heteroatoms. The lowest BCUT2D eigenvalue weighted by atomic mass is 9.83. The fraction of sp³-hybridized carbons (Fsp3) is 0.882. The van der Waals surface area contributed by atoms with E-state index in [4.69, 9.17) is 4.74 Å². The molecular formula is C17H29N3O2. The molecule has 0 unspecified atom stereocenters. The molecule has 2 rings (SSSR count). The van der Waals surface area contributed by atoms with Crippen molar-refractivity contribution in [3.8, 4) is 6.07 Å². The molecule has 0 spiro atoms. The average Bonchev–Trinajstić information content (AvgIpc) is 2.65. The first-order chi connectivity index (χ1) is 10.2. The Morgan fingerprint density at radius 2 is 1.86 bits per heavy atom. The normalized spacial score (nSPS) is 28.8. The van der Waals surface area contributed by atoms with Gasteiger partial charge in [-0.05, 0) is 47.0 Å². The van der Waals surface area contributed by atoms with Crippen LogP contribution in [0.4, 0.5) is 0 Å². The van der Waals surface area contributed by atoms with Crippen LogP contribution in [-0.2, 0) is 9.53 Å². The predicted molar refractivity (Wildman–Crippen MR) is 85.2 cm³/mol. The van der Waals surface area contributed by atoms with Crippen LogP contribution in [0.3, 0.4) is 0 Å². The third-order valence-corrected chi connectivity index (χ3v) is 4.88. The SMILES string of the molecule is CC1(C)C[C@H](NCC(=O)NC2(C#N)CCCCC2)C(C)(C)O1. The Morgan fingerprint density at radius 1 is 1.23 bits per heavy atom. The van der Waals surface area contributed by atoms with E-state index in [1.807, 2.05) is 0 Å². The van der Waals surface area contributed by atoms with E-state index < -0.39 is 5.54 Å². The smallest absolute Gasteiger partial charge is 0.235 e. The topological polar surface area (TPSA) is 74.2 Å². The highest BCUT2D eigenvalue weighted by Crippen LogP contribution is 2.37. The van der Waals surface area contributed by atoms with Crippen molar-refractivity contribution in [3.63, 3.8) is 0 Å². The first-order valence-electron chi connectivity index (χ1n) is 8.34. The molecule has 124 valence electrons. The summed E-state index contributed by atoms with van der Waals surface area (Å²) in [4.78, 5) is 12.2. The van der Waals surface area contributed by atoms with Crippen LogP contribution in [0.2, 0.25) is 0 Å². The van der Waals surface area contributed by atoms with Crippen LogP contribution in [-0.4, -0.2) is 35.2 Å². The number of hydrogen-bond acceptors (Lipinski definition) is 4. The van der Waals surface area contributed by atoms with Crippen LogP contribution in [0.1, 0.15) is 66.2 Å². The molecule has 1 aliphatic carbocycles. The number of ether oxygens (including phenoxy) is 1. The van der Waals surface area contributed by atoms with Gasteiger partial charge in [0.2, 0.25) is 5.91 Å². The first kappa shape index (κ1) is 17.2. The second-order valence-electron chi connectivity index (χ2n) is 7.91. The molecule has 1 atom stereocenters. The average molecular weight is 307 g/mol. The van der Waals surface area contributed by atoms with Crippen molar-refractivity contribution >= 4 is 5.91 Å². The van der Waals surface area contributed by atoms with Crippen LogP contribution in [0, 0.1) is 11.3 Å². The highest BCUT2D eigenvalue weighted by molar-refractivity contribution is 5.79. The molecule has 2 fully saturated rings. The molecule has 0 aromatic carbocycles. The van der Waals surface area contributed by atoms with Crippen LogP contribution >= 0.6 is 0 Å². The number of amides is 1. The third-order valence-electron chi connectivity index (χ3n) is 4.88. The molecular weight excluding hydrogens is 278 g/mol. The van der Waals surface area contributed by atoms with Crippen molar-refractivity contribution in [1.82, 2.24) is 10.6 Å². The molecule has 22 heavy (non-hydrogen) atoms. The van der Waals surface area contributed by atoms with Gasteiger partial charge >= 0.3 is 0 Å². The highest BCUT2D eigenvalue weighted by Gasteiger charge is 2.45. The maximum Gasteiger partial charge on any atom is 0.235 e. The molecule has 1 aliphatic heterocycles. The Balaban J connectivity index is 1.87. The standard InChI is InChI=1S/C17H29N3O2/c1-15(2)10-13(16(3,4)22-15)19-11-14(21)20-17(12-18)8-6-5-7-9-17/h13,19H,5-11H2,1-4H3,(H,20,21)/t13-/m0/s1. The van der Waals surface area contributed by atoms with Crippen molar-refractivity contribution < 1.29 is 9.53 Å². The lowest BCUT2D eigenvalue weighted by Gasteiger charge is -2.32. The van der Waals surface area contributed by atoms with Crippen molar-refractivity contribution in [3.05, 3.63) is 0 Å². The van der Waals surface area contributed by atoms with E-state index in [1.54, 1.807) is 0 Å². The molecule has 2 N–H and O–H groups in total. The molecule has 5 nitrogen and oxygen atoms in total. The fourth-order valence-electron chi connectivity index (χ4n) is 3.83. The Morgan fingerprint density at radius 3 is 2.36 bits per heavy atom.